The van der Waals surface area contributed by atoms with Gasteiger partial charge in [0.1, 0.15) is 0 Å². The van der Waals surface area contributed by atoms with Crippen LogP contribution in [0.15, 0.2) is 24.3 Å². The second kappa shape index (κ2) is 4.51. The van der Waals surface area contributed by atoms with Crippen molar-refractivity contribution in [2.24, 2.45) is 0 Å². The van der Waals surface area contributed by atoms with Gasteiger partial charge in [-0.3, -0.25) is 0 Å². The highest BCUT2D eigenvalue weighted by atomic mass is 31.1. The molecule has 0 aliphatic rings. The topological polar surface area (TPSA) is 0 Å². The van der Waals surface area contributed by atoms with E-state index in [0.717, 1.165) is 15.0 Å². The lowest BCUT2D eigenvalue weighted by molar-refractivity contribution is 1.14. The molecular formula is C10H15P. The van der Waals surface area contributed by atoms with E-state index in [9.17, 15) is 0 Å². The van der Waals surface area contributed by atoms with Crippen LogP contribution in [-0.4, -0.2) is 6.16 Å². The summed E-state index contributed by atoms with van der Waals surface area (Å²) in [4.78, 5) is 0. The molecule has 11 heavy (non-hydrogen) atoms. The molecule has 1 unspecified atom stereocenters. The van der Waals surface area contributed by atoms with E-state index in [-0.39, 0.29) is 0 Å². The van der Waals surface area contributed by atoms with Gasteiger partial charge in [0.25, 0.3) is 0 Å². The number of hydrogen-bond donors (Lipinski definition) is 0. The molecule has 0 radical (unpaired) electrons. The fraction of sp³-hybridized carbons (Fsp3) is 0.400. The van der Waals surface area contributed by atoms with Gasteiger partial charge >= 0.3 is 0 Å². The fourth-order valence-electron chi connectivity index (χ4n) is 1.06. The van der Waals surface area contributed by atoms with Crippen molar-refractivity contribution in [1.82, 2.24) is 0 Å². The standard InChI is InChI=1S/C10H15P/c1-3-9-5-7-10(8-6-9)11-4-2/h5-8,11H,3-4H2,1-2H3. The third-order valence-electron chi connectivity index (χ3n) is 1.74. The van der Waals surface area contributed by atoms with Crippen LogP contribution in [0.4, 0.5) is 0 Å². The number of aryl methyl sites for hydroxylation is 1. The molecule has 0 spiro atoms. The zero-order chi connectivity index (χ0) is 8.10. The molecule has 60 valence electrons. The van der Waals surface area contributed by atoms with Crippen molar-refractivity contribution in [3.05, 3.63) is 29.8 Å². The summed E-state index contributed by atoms with van der Waals surface area (Å²) in [6.45, 7) is 4.42. The van der Waals surface area contributed by atoms with Crippen LogP contribution < -0.4 is 5.30 Å². The highest BCUT2D eigenvalue weighted by Gasteiger charge is 1.90. The lowest BCUT2D eigenvalue weighted by Crippen LogP contribution is -1.94. The Morgan fingerprint density at radius 2 is 1.73 bits per heavy atom. The molecule has 1 aromatic rings. The molecule has 0 aliphatic heterocycles. The van der Waals surface area contributed by atoms with E-state index >= 15 is 0 Å². The monoisotopic (exact) mass is 166 g/mol. The predicted octanol–water partition coefficient (Wildman–Crippen LogP) is 2.57. The van der Waals surface area contributed by atoms with Crippen molar-refractivity contribution in [3.63, 3.8) is 0 Å². The van der Waals surface area contributed by atoms with Crippen LogP contribution in [0.5, 0.6) is 0 Å². The molecule has 0 saturated carbocycles. The Morgan fingerprint density at radius 3 is 2.18 bits per heavy atom. The van der Waals surface area contributed by atoms with E-state index in [1.807, 2.05) is 0 Å². The maximum Gasteiger partial charge on any atom is -0.0271 e. The minimum absolute atomic E-state index is 0.985. The molecule has 1 atom stereocenters. The quantitative estimate of drug-likeness (QED) is 0.605. The van der Waals surface area contributed by atoms with Crippen molar-refractivity contribution in [2.75, 3.05) is 6.16 Å². The minimum atomic E-state index is 0.985. The Balaban J connectivity index is 2.66. The molecule has 0 bridgehead atoms. The molecule has 0 amide bonds. The van der Waals surface area contributed by atoms with Gasteiger partial charge in [0.2, 0.25) is 0 Å². The van der Waals surface area contributed by atoms with Gasteiger partial charge in [-0.15, -0.1) is 0 Å². The number of hydrogen-bond acceptors (Lipinski definition) is 0. The van der Waals surface area contributed by atoms with E-state index in [1.165, 1.54) is 17.0 Å². The van der Waals surface area contributed by atoms with Crippen LogP contribution in [0.25, 0.3) is 0 Å². The zero-order valence-electron chi connectivity index (χ0n) is 7.22. The Hall–Kier alpha value is -0.350. The molecule has 0 aromatic heterocycles. The molecule has 0 heterocycles. The largest absolute Gasteiger partial charge is 0.0907 e. The molecule has 0 nitrogen and oxygen atoms in total. The second-order valence-corrected chi connectivity index (χ2v) is 4.22. The van der Waals surface area contributed by atoms with Gasteiger partial charge < -0.3 is 0 Å². The van der Waals surface area contributed by atoms with Crippen LogP contribution in [-0.2, 0) is 6.42 Å². The maximum absolute atomic E-state index is 2.25. The van der Waals surface area contributed by atoms with E-state index in [1.54, 1.807) is 0 Å². The van der Waals surface area contributed by atoms with Gasteiger partial charge in [0, 0.05) is 0 Å². The first-order valence-corrected chi connectivity index (χ1v) is 5.40. The summed E-state index contributed by atoms with van der Waals surface area (Å²) in [6, 6.07) is 8.97. The highest BCUT2D eigenvalue weighted by molar-refractivity contribution is 7.47. The van der Waals surface area contributed by atoms with Crippen LogP contribution in [0.3, 0.4) is 0 Å². The first kappa shape index (κ1) is 8.74. The lowest BCUT2D eigenvalue weighted by Gasteiger charge is -1.99. The van der Waals surface area contributed by atoms with Gasteiger partial charge in [-0.25, -0.2) is 0 Å². The van der Waals surface area contributed by atoms with Gasteiger partial charge in [0.05, 0.1) is 0 Å². The molecule has 1 aromatic carbocycles. The molecular weight excluding hydrogens is 151 g/mol. The highest BCUT2D eigenvalue weighted by Crippen LogP contribution is 2.09. The third-order valence-corrected chi connectivity index (χ3v) is 2.84. The smallest absolute Gasteiger partial charge is 0.0271 e. The first-order chi connectivity index (χ1) is 5.36. The molecule has 0 N–H and O–H groups in total. The van der Waals surface area contributed by atoms with Crippen molar-refractivity contribution >= 4 is 13.9 Å². The Labute approximate surface area is 70.8 Å². The van der Waals surface area contributed by atoms with Crippen LogP contribution in [0.2, 0.25) is 0 Å². The van der Waals surface area contributed by atoms with Crippen LogP contribution >= 0.6 is 8.58 Å². The summed E-state index contributed by atoms with van der Waals surface area (Å²) in [7, 11) is 0.985. The second-order valence-electron chi connectivity index (χ2n) is 2.58. The van der Waals surface area contributed by atoms with Crippen molar-refractivity contribution in [1.29, 1.82) is 0 Å². The first-order valence-electron chi connectivity index (χ1n) is 4.19. The summed E-state index contributed by atoms with van der Waals surface area (Å²) in [6.07, 6.45) is 2.42. The average molecular weight is 166 g/mol. The Kier molecular flexibility index (Phi) is 3.59. The van der Waals surface area contributed by atoms with Gasteiger partial charge in [0.15, 0.2) is 0 Å². The van der Waals surface area contributed by atoms with E-state index in [0.29, 0.717) is 0 Å². The SMILES string of the molecule is CCPc1ccc(CC)cc1. The molecule has 0 saturated heterocycles. The van der Waals surface area contributed by atoms with E-state index in [2.05, 4.69) is 38.1 Å². The minimum Gasteiger partial charge on any atom is -0.0907 e. The molecule has 1 heteroatoms. The lowest BCUT2D eigenvalue weighted by atomic mass is 10.2. The van der Waals surface area contributed by atoms with E-state index < -0.39 is 0 Å². The summed E-state index contributed by atoms with van der Waals surface area (Å²) < 4.78 is 0. The maximum atomic E-state index is 2.25. The van der Waals surface area contributed by atoms with Gasteiger partial charge in [-0.1, -0.05) is 46.7 Å². The Bertz CT molecular complexity index is 201. The van der Waals surface area contributed by atoms with Gasteiger partial charge in [-0.2, -0.15) is 0 Å². The normalized spacial score (nSPS) is 11.1. The summed E-state index contributed by atoms with van der Waals surface area (Å²) in [5.41, 5.74) is 1.44. The Morgan fingerprint density at radius 1 is 1.09 bits per heavy atom. The summed E-state index contributed by atoms with van der Waals surface area (Å²) >= 11 is 0. The van der Waals surface area contributed by atoms with Crippen molar-refractivity contribution in [3.8, 4) is 0 Å². The van der Waals surface area contributed by atoms with Crippen molar-refractivity contribution < 1.29 is 0 Å². The number of benzene rings is 1. The third kappa shape index (κ3) is 2.63. The van der Waals surface area contributed by atoms with Crippen LogP contribution in [0, 0.1) is 0 Å². The van der Waals surface area contributed by atoms with Crippen LogP contribution in [0.1, 0.15) is 19.4 Å². The fourth-order valence-corrected chi connectivity index (χ4v) is 1.87. The summed E-state index contributed by atoms with van der Waals surface area (Å²) in [5, 5.41) is 1.49. The number of rotatable bonds is 3. The molecule has 0 fully saturated rings. The summed E-state index contributed by atoms with van der Waals surface area (Å²) in [5.74, 6) is 0. The molecule has 0 aliphatic carbocycles. The molecule has 1 rings (SSSR count). The predicted molar refractivity (Wildman–Crippen MR) is 54.3 cm³/mol. The van der Waals surface area contributed by atoms with Gasteiger partial charge in [-0.05, 0) is 23.5 Å². The van der Waals surface area contributed by atoms with Crippen molar-refractivity contribution in [2.45, 2.75) is 20.3 Å². The van der Waals surface area contributed by atoms with E-state index in [4.69, 9.17) is 0 Å². The zero-order valence-corrected chi connectivity index (χ0v) is 8.22. The average Bonchev–Trinajstić information content (AvgIpc) is 2.07.